The third-order valence-electron chi connectivity index (χ3n) is 5.19. The average molecular weight is 437 g/mol. The van der Waals surface area contributed by atoms with Crippen LogP contribution in [-0.2, 0) is 12.1 Å². The lowest BCUT2D eigenvalue weighted by Crippen LogP contribution is -2.38. The molecule has 2 aromatic carbocycles. The third-order valence-corrected chi connectivity index (χ3v) is 6.21. The van der Waals surface area contributed by atoms with E-state index in [1.807, 2.05) is 5.38 Å². The fourth-order valence-corrected chi connectivity index (χ4v) is 4.37. The summed E-state index contributed by atoms with van der Waals surface area (Å²) in [6.07, 6.45) is 2.74. The first-order valence-electron chi connectivity index (χ1n) is 9.37. The van der Waals surface area contributed by atoms with Gasteiger partial charge < -0.3 is 5.11 Å². The first-order chi connectivity index (χ1) is 14.9. The van der Waals surface area contributed by atoms with Gasteiger partial charge in [-0.15, -0.1) is 11.3 Å². The zero-order chi connectivity index (χ0) is 22.0. The van der Waals surface area contributed by atoms with Crippen LogP contribution in [0.1, 0.15) is 29.0 Å². The van der Waals surface area contributed by atoms with Gasteiger partial charge in [-0.05, 0) is 18.2 Å². The second-order valence-corrected chi connectivity index (χ2v) is 8.01. The zero-order valence-corrected chi connectivity index (χ0v) is 17.2. The van der Waals surface area contributed by atoms with Crippen LogP contribution in [0.5, 0.6) is 0 Å². The minimum Gasteiger partial charge on any atom is -0.382 e. The zero-order valence-electron chi connectivity index (χ0n) is 16.4. The van der Waals surface area contributed by atoms with E-state index in [0.29, 0.717) is 16.3 Å². The molecule has 6 nitrogen and oxygen atoms in total. The monoisotopic (exact) mass is 437 g/mol. The summed E-state index contributed by atoms with van der Waals surface area (Å²) in [7, 11) is 0. The molecule has 156 valence electrons. The SMILES string of the molecule is C[C@@H](c1nc(-c2ccc(C#N)cc2)cs1)[C@@](O)(Cn1cncn1)c1ccc(F)cc1F. The van der Waals surface area contributed by atoms with Crippen LogP contribution in [0.15, 0.2) is 60.5 Å². The summed E-state index contributed by atoms with van der Waals surface area (Å²) >= 11 is 1.33. The molecule has 0 aliphatic heterocycles. The second kappa shape index (κ2) is 8.34. The molecule has 0 fully saturated rings. The van der Waals surface area contributed by atoms with Crippen molar-refractivity contribution >= 4 is 11.3 Å². The lowest BCUT2D eigenvalue weighted by molar-refractivity contribution is -0.0112. The second-order valence-electron chi connectivity index (χ2n) is 7.12. The topological polar surface area (TPSA) is 87.6 Å². The highest BCUT2D eigenvalue weighted by Crippen LogP contribution is 2.41. The van der Waals surface area contributed by atoms with E-state index in [0.717, 1.165) is 17.7 Å². The van der Waals surface area contributed by atoms with Gasteiger partial charge in [0.25, 0.3) is 0 Å². The molecule has 0 amide bonds. The summed E-state index contributed by atoms with van der Waals surface area (Å²) in [5.41, 5.74) is 0.236. The van der Waals surface area contributed by atoms with Gasteiger partial charge >= 0.3 is 0 Å². The number of hydrogen-bond donors (Lipinski definition) is 1. The van der Waals surface area contributed by atoms with E-state index in [4.69, 9.17) is 5.26 Å². The number of thiazole rings is 1. The molecule has 2 heterocycles. The average Bonchev–Trinajstić information content (AvgIpc) is 3.45. The highest BCUT2D eigenvalue weighted by molar-refractivity contribution is 7.10. The number of aromatic nitrogens is 4. The van der Waals surface area contributed by atoms with Gasteiger partial charge in [-0.3, -0.25) is 0 Å². The molecule has 0 saturated heterocycles. The maximum atomic E-state index is 14.7. The van der Waals surface area contributed by atoms with Crippen molar-refractivity contribution in [3.63, 3.8) is 0 Å². The Balaban J connectivity index is 1.73. The van der Waals surface area contributed by atoms with Crippen molar-refractivity contribution in [2.24, 2.45) is 0 Å². The van der Waals surface area contributed by atoms with Crippen LogP contribution < -0.4 is 0 Å². The highest BCUT2D eigenvalue weighted by atomic mass is 32.1. The number of halogens is 2. The van der Waals surface area contributed by atoms with E-state index in [9.17, 15) is 13.9 Å². The van der Waals surface area contributed by atoms with Crippen molar-refractivity contribution in [3.05, 3.63) is 88.3 Å². The largest absolute Gasteiger partial charge is 0.382 e. The molecule has 0 saturated carbocycles. The Bertz CT molecular complexity index is 1230. The highest BCUT2D eigenvalue weighted by Gasteiger charge is 2.41. The molecule has 0 bridgehead atoms. The van der Waals surface area contributed by atoms with Crippen LogP contribution in [0.4, 0.5) is 8.78 Å². The van der Waals surface area contributed by atoms with E-state index < -0.39 is 23.2 Å². The Morgan fingerprint density at radius 2 is 2.00 bits per heavy atom. The van der Waals surface area contributed by atoms with Crippen molar-refractivity contribution in [3.8, 4) is 17.3 Å². The van der Waals surface area contributed by atoms with Crippen molar-refractivity contribution < 1.29 is 13.9 Å². The molecular formula is C22H17F2N5OS. The normalized spacial score (nSPS) is 14.0. The predicted octanol–water partition coefficient (Wildman–Crippen LogP) is 4.24. The fraction of sp³-hybridized carbons (Fsp3) is 0.182. The number of nitriles is 1. The van der Waals surface area contributed by atoms with Crippen LogP contribution >= 0.6 is 11.3 Å². The van der Waals surface area contributed by atoms with Crippen LogP contribution in [0.25, 0.3) is 11.3 Å². The Labute approximate surface area is 181 Å². The minimum atomic E-state index is -1.76. The molecule has 0 spiro atoms. The lowest BCUT2D eigenvalue weighted by Gasteiger charge is -2.33. The summed E-state index contributed by atoms with van der Waals surface area (Å²) in [4.78, 5) is 8.52. The van der Waals surface area contributed by atoms with Gasteiger partial charge in [-0.1, -0.05) is 25.1 Å². The smallest absolute Gasteiger partial charge is 0.137 e. The molecule has 4 rings (SSSR count). The molecule has 0 aliphatic rings. The van der Waals surface area contributed by atoms with E-state index in [1.165, 1.54) is 34.7 Å². The maximum absolute atomic E-state index is 14.7. The Kier molecular flexibility index (Phi) is 5.59. The standard InChI is InChI=1S/C22H17F2N5OS/c1-14(21-28-20(10-31-21)16-4-2-15(9-25)3-5-16)22(30,11-29-13-26-12-27-29)18-7-6-17(23)8-19(18)24/h2-8,10,12-14,30H,11H2,1H3/t14-,22-/m0/s1. The Morgan fingerprint density at radius 3 is 2.65 bits per heavy atom. The van der Waals surface area contributed by atoms with E-state index in [1.54, 1.807) is 31.2 Å². The Hall–Kier alpha value is -3.48. The van der Waals surface area contributed by atoms with Crippen molar-refractivity contribution in [2.45, 2.75) is 25.0 Å². The summed E-state index contributed by atoms with van der Waals surface area (Å²) in [6, 6.07) is 12.2. The van der Waals surface area contributed by atoms with Crippen molar-refractivity contribution in [2.75, 3.05) is 0 Å². The maximum Gasteiger partial charge on any atom is 0.137 e. The van der Waals surface area contributed by atoms with Crippen LogP contribution in [0.3, 0.4) is 0 Å². The number of rotatable bonds is 6. The summed E-state index contributed by atoms with van der Waals surface area (Å²) in [5, 5.41) is 27.1. The molecular weight excluding hydrogens is 420 g/mol. The molecule has 31 heavy (non-hydrogen) atoms. The van der Waals surface area contributed by atoms with Gasteiger partial charge in [0.15, 0.2) is 0 Å². The molecule has 2 aromatic heterocycles. The van der Waals surface area contributed by atoms with Gasteiger partial charge in [-0.2, -0.15) is 10.4 Å². The lowest BCUT2D eigenvalue weighted by atomic mass is 9.82. The molecule has 2 atom stereocenters. The van der Waals surface area contributed by atoms with Gasteiger partial charge in [0.05, 0.1) is 28.9 Å². The Morgan fingerprint density at radius 1 is 1.23 bits per heavy atom. The van der Waals surface area contributed by atoms with Gasteiger partial charge in [0.1, 0.15) is 29.9 Å². The van der Waals surface area contributed by atoms with E-state index >= 15 is 0 Å². The number of aliphatic hydroxyl groups is 1. The van der Waals surface area contributed by atoms with Crippen molar-refractivity contribution in [1.29, 1.82) is 5.26 Å². The molecule has 0 unspecified atom stereocenters. The van der Waals surface area contributed by atoms with Crippen LogP contribution in [0, 0.1) is 23.0 Å². The molecule has 1 N–H and O–H groups in total. The summed E-state index contributed by atoms with van der Waals surface area (Å²) in [6.45, 7) is 1.64. The van der Waals surface area contributed by atoms with Gasteiger partial charge in [-0.25, -0.2) is 23.4 Å². The first kappa shape index (κ1) is 20.8. The number of hydrogen-bond acceptors (Lipinski definition) is 6. The molecule has 4 aromatic rings. The predicted molar refractivity (Wildman–Crippen MR) is 111 cm³/mol. The number of nitrogens with zero attached hydrogens (tertiary/aromatic N) is 5. The van der Waals surface area contributed by atoms with E-state index in [-0.39, 0.29) is 12.1 Å². The molecule has 9 heteroatoms. The third kappa shape index (κ3) is 4.08. The number of benzene rings is 2. The summed E-state index contributed by atoms with van der Waals surface area (Å²) in [5.74, 6) is -2.22. The minimum absolute atomic E-state index is 0.0491. The summed E-state index contributed by atoms with van der Waals surface area (Å²) < 4.78 is 29.6. The molecule has 0 aliphatic carbocycles. The van der Waals surface area contributed by atoms with Gasteiger partial charge in [0.2, 0.25) is 0 Å². The van der Waals surface area contributed by atoms with E-state index in [2.05, 4.69) is 21.1 Å². The van der Waals surface area contributed by atoms with Crippen molar-refractivity contribution in [1.82, 2.24) is 19.7 Å². The quantitative estimate of drug-likeness (QED) is 0.487. The van der Waals surface area contributed by atoms with Gasteiger partial charge in [0, 0.05) is 28.5 Å². The fourth-order valence-electron chi connectivity index (χ4n) is 3.40. The van der Waals surface area contributed by atoms with Crippen LogP contribution in [0.2, 0.25) is 0 Å². The van der Waals surface area contributed by atoms with Crippen LogP contribution in [-0.4, -0.2) is 24.9 Å². The first-order valence-corrected chi connectivity index (χ1v) is 10.2. The molecule has 0 radical (unpaired) electrons.